The molecule has 1 heterocycles. The summed E-state index contributed by atoms with van der Waals surface area (Å²) < 4.78 is 5.40. The number of aliphatic carboxylic acids is 1. The van der Waals surface area contributed by atoms with E-state index < -0.39 is 11.9 Å². The van der Waals surface area contributed by atoms with Gasteiger partial charge < -0.3 is 14.8 Å². The quantitative estimate of drug-likeness (QED) is 0.889. The Morgan fingerprint density at radius 2 is 2.00 bits per heavy atom. The SMILES string of the molecule is O=C(N[C@@H]1[C@H]2CC[C@H](C2)[C@@H]1C(=O)O)c1coc(C2CCC2)n1. The first-order chi connectivity index (χ1) is 10.6. The van der Waals surface area contributed by atoms with Gasteiger partial charge in [0.25, 0.3) is 5.91 Å². The van der Waals surface area contributed by atoms with Gasteiger partial charge in [0, 0.05) is 12.0 Å². The molecule has 2 bridgehead atoms. The Morgan fingerprint density at radius 1 is 1.23 bits per heavy atom. The summed E-state index contributed by atoms with van der Waals surface area (Å²) in [6.07, 6.45) is 7.58. The highest BCUT2D eigenvalue weighted by atomic mass is 16.4. The van der Waals surface area contributed by atoms with Gasteiger partial charge >= 0.3 is 5.97 Å². The monoisotopic (exact) mass is 304 g/mol. The maximum atomic E-state index is 12.4. The fourth-order valence-electron chi connectivity index (χ4n) is 4.31. The molecule has 4 atom stereocenters. The molecule has 3 saturated carbocycles. The molecule has 1 aromatic heterocycles. The van der Waals surface area contributed by atoms with E-state index in [2.05, 4.69) is 10.3 Å². The molecule has 6 nitrogen and oxygen atoms in total. The molecule has 1 amide bonds. The third kappa shape index (κ3) is 2.12. The van der Waals surface area contributed by atoms with E-state index in [1.54, 1.807) is 0 Å². The summed E-state index contributed by atoms with van der Waals surface area (Å²) in [6, 6.07) is -0.271. The second-order valence-electron chi connectivity index (χ2n) is 6.90. The molecule has 0 spiro atoms. The number of carbonyl (C=O) groups excluding carboxylic acids is 1. The predicted octanol–water partition coefficient (Wildman–Crippen LogP) is 2.17. The number of fused-ring (bicyclic) bond motifs is 2. The van der Waals surface area contributed by atoms with Crippen molar-refractivity contribution in [3.8, 4) is 0 Å². The smallest absolute Gasteiger partial charge is 0.308 e. The summed E-state index contributed by atoms with van der Waals surface area (Å²) >= 11 is 0. The fraction of sp³-hybridized carbons (Fsp3) is 0.688. The van der Waals surface area contributed by atoms with Gasteiger partial charge in [-0.2, -0.15) is 0 Å². The summed E-state index contributed by atoms with van der Waals surface area (Å²) in [6.45, 7) is 0. The highest BCUT2D eigenvalue weighted by Gasteiger charge is 2.51. The largest absolute Gasteiger partial charge is 0.481 e. The van der Waals surface area contributed by atoms with Crippen LogP contribution in [0.4, 0.5) is 0 Å². The number of rotatable bonds is 4. The molecule has 3 aliphatic rings. The molecule has 1 aromatic rings. The van der Waals surface area contributed by atoms with Crippen LogP contribution in [0, 0.1) is 17.8 Å². The van der Waals surface area contributed by atoms with Crippen LogP contribution in [0.3, 0.4) is 0 Å². The lowest BCUT2D eigenvalue weighted by atomic mass is 9.84. The summed E-state index contributed by atoms with van der Waals surface area (Å²) in [5.41, 5.74) is 0.272. The zero-order valence-electron chi connectivity index (χ0n) is 12.3. The lowest BCUT2D eigenvalue weighted by Gasteiger charge is -2.28. The Kier molecular flexibility index (Phi) is 3.20. The molecule has 6 heteroatoms. The highest BCUT2D eigenvalue weighted by Crippen LogP contribution is 2.48. The van der Waals surface area contributed by atoms with Gasteiger partial charge in [-0.3, -0.25) is 9.59 Å². The molecule has 0 radical (unpaired) electrons. The van der Waals surface area contributed by atoms with Crippen LogP contribution in [0.15, 0.2) is 10.7 Å². The van der Waals surface area contributed by atoms with Crippen LogP contribution < -0.4 is 5.32 Å². The van der Waals surface area contributed by atoms with E-state index in [0.717, 1.165) is 32.1 Å². The molecular formula is C16H20N2O4. The van der Waals surface area contributed by atoms with Crippen LogP contribution >= 0.6 is 0 Å². The summed E-state index contributed by atoms with van der Waals surface area (Å²) in [5, 5.41) is 12.3. The van der Waals surface area contributed by atoms with Crippen molar-refractivity contribution >= 4 is 11.9 Å². The van der Waals surface area contributed by atoms with Crippen molar-refractivity contribution in [3.63, 3.8) is 0 Å². The van der Waals surface area contributed by atoms with Crippen LogP contribution in [0.25, 0.3) is 0 Å². The van der Waals surface area contributed by atoms with Crippen molar-refractivity contribution < 1.29 is 19.1 Å². The minimum absolute atomic E-state index is 0.204. The second-order valence-corrected chi connectivity index (χ2v) is 6.90. The Morgan fingerprint density at radius 3 is 2.68 bits per heavy atom. The highest BCUT2D eigenvalue weighted by molar-refractivity contribution is 5.92. The van der Waals surface area contributed by atoms with Gasteiger partial charge in [0.1, 0.15) is 6.26 Å². The van der Waals surface area contributed by atoms with Crippen molar-refractivity contribution in [3.05, 3.63) is 17.8 Å². The number of carboxylic acids is 1. The number of oxazole rings is 1. The van der Waals surface area contributed by atoms with Gasteiger partial charge in [-0.1, -0.05) is 6.42 Å². The average molecular weight is 304 g/mol. The number of amides is 1. The Hall–Kier alpha value is -1.85. The van der Waals surface area contributed by atoms with Gasteiger partial charge in [-0.15, -0.1) is 0 Å². The molecule has 3 fully saturated rings. The minimum atomic E-state index is -0.798. The molecule has 22 heavy (non-hydrogen) atoms. The molecular weight excluding hydrogens is 284 g/mol. The lowest BCUT2D eigenvalue weighted by Crippen LogP contribution is -2.46. The molecule has 4 rings (SSSR count). The fourth-order valence-corrected chi connectivity index (χ4v) is 4.31. The number of hydrogen-bond donors (Lipinski definition) is 2. The average Bonchev–Trinajstić information content (AvgIpc) is 3.10. The normalized spacial score (nSPS) is 33.6. The maximum Gasteiger partial charge on any atom is 0.308 e. The number of carbonyl (C=O) groups is 2. The van der Waals surface area contributed by atoms with E-state index in [1.807, 2.05) is 0 Å². The minimum Gasteiger partial charge on any atom is -0.481 e. The van der Waals surface area contributed by atoms with Crippen LogP contribution in [0.5, 0.6) is 0 Å². The van der Waals surface area contributed by atoms with Crippen molar-refractivity contribution in [2.45, 2.75) is 50.5 Å². The van der Waals surface area contributed by atoms with E-state index in [-0.39, 0.29) is 29.5 Å². The van der Waals surface area contributed by atoms with Gasteiger partial charge in [0.2, 0.25) is 0 Å². The van der Waals surface area contributed by atoms with Crippen molar-refractivity contribution in [1.29, 1.82) is 0 Å². The molecule has 2 N–H and O–H groups in total. The van der Waals surface area contributed by atoms with Crippen LogP contribution in [-0.2, 0) is 4.79 Å². The molecule has 3 aliphatic carbocycles. The first kappa shape index (κ1) is 13.8. The molecule has 0 unspecified atom stereocenters. The van der Waals surface area contributed by atoms with Gasteiger partial charge in [-0.05, 0) is 43.9 Å². The zero-order valence-corrected chi connectivity index (χ0v) is 12.3. The zero-order chi connectivity index (χ0) is 15.3. The van der Waals surface area contributed by atoms with E-state index in [1.165, 1.54) is 12.7 Å². The second kappa shape index (κ2) is 5.11. The van der Waals surface area contributed by atoms with E-state index in [9.17, 15) is 14.7 Å². The number of hydrogen-bond acceptors (Lipinski definition) is 4. The molecule has 0 aliphatic heterocycles. The first-order valence-electron chi connectivity index (χ1n) is 8.12. The standard InChI is InChI=1S/C16H20N2O4/c19-14(11-7-22-15(17-11)8-2-1-3-8)18-13-10-5-4-9(6-10)12(13)16(20)21/h7-10,12-13H,1-6H2,(H,18,19)(H,20,21)/t9-,10+,12+,13-/m1/s1. The van der Waals surface area contributed by atoms with Crippen LogP contribution in [-0.4, -0.2) is 28.0 Å². The summed E-state index contributed by atoms with van der Waals surface area (Å²) in [7, 11) is 0. The predicted molar refractivity (Wildman–Crippen MR) is 76.3 cm³/mol. The number of carboxylic acid groups (broad SMARTS) is 1. The van der Waals surface area contributed by atoms with Crippen LogP contribution in [0.2, 0.25) is 0 Å². The van der Waals surface area contributed by atoms with E-state index in [0.29, 0.717) is 11.8 Å². The van der Waals surface area contributed by atoms with Crippen molar-refractivity contribution in [2.75, 3.05) is 0 Å². The third-order valence-electron chi connectivity index (χ3n) is 5.71. The van der Waals surface area contributed by atoms with E-state index >= 15 is 0 Å². The maximum absolute atomic E-state index is 12.4. The Balaban J connectivity index is 1.47. The Labute approximate surface area is 128 Å². The molecule has 0 aromatic carbocycles. The molecule has 118 valence electrons. The number of nitrogens with zero attached hydrogens (tertiary/aromatic N) is 1. The van der Waals surface area contributed by atoms with E-state index in [4.69, 9.17) is 4.42 Å². The third-order valence-corrected chi connectivity index (χ3v) is 5.71. The first-order valence-corrected chi connectivity index (χ1v) is 8.12. The van der Waals surface area contributed by atoms with Gasteiger partial charge in [-0.25, -0.2) is 4.98 Å². The number of nitrogens with one attached hydrogen (secondary N) is 1. The number of aromatic nitrogens is 1. The van der Waals surface area contributed by atoms with Crippen molar-refractivity contribution in [1.82, 2.24) is 10.3 Å². The summed E-state index contributed by atoms with van der Waals surface area (Å²) in [5.74, 6) is -0.0923. The van der Waals surface area contributed by atoms with Crippen LogP contribution in [0.1, 0.15) is 60.8 Å². The lowest BCUT2D eigenvalue weighted by molar-refractivity contribution is -0.144. The molecule has 0 saturated heterocycles. The van der Waals surface area contributed by atoms with Gasteiger partial charge in [0.15, 0.2) is 11.6 Å². The topological polar surface area (TPSA) is 92.4 Å². The van der Waals surface area contributed by atoms with Crippen molar-refractivity contribution in [2.24, 2.45) is 17.8 Å². The van der Waals surface area contributed by atoms with Gasteiger partial charge in [0.05, 0.1) is 5.92 Å². The summed E-state index contributed by atoms with van der Waals surface area (Å²) in [4.78, 5) is 28.1. The Bertz CT molecular complexity index is 607.